The number of imidazole rings is 2. The molecule has 0 bridgehead atoms. The summed E-state index contributed by atoms with van der Waals surface area (Å²) in [5.41, 5.74) is 0. The fourth-order valence-corrected chi connectivity index (χ4v) is 3.81. The number of rotatable bonds is 19. The third kappa shape index (κ3) is 12.2. The summed E-state index contributed by atoms with van der Waals surface area (Å²) in [6.07, 6.45) is 2.13. The van der Waals surface area contributed by atoms with Crippen LogP contribution >= 0.6 is 0 Å². The molecule has 20 nitrogen and oxygen atoms in total. The Morgan fingerprint density at radius 1 is 0.767 bits per heavy atom. The van der Waals surface area contributed by atoms with Crippen molar-refractivity contribution in [3.8, 4) is 0 Å². The normalized spacial score (nSPS) is 10.8. The van der Waals surface area contributed by atoms with Gasteiger partial charge in [-0.25, -0.2) is 19.1 Å². The number of nitro groups is 2. The summed E-state index contributed by atoms with van der Waals surface area (Å²) in [6.45, 7) is -0.0353. The van der Waals surface area contributed by atoms with Gasteiger partial charge >= 0.3 is 55.6 Å². The number of carbonyl (C=O) groups excluding carboxylic acids is 2. The number of aryl methyl sites for hydroxylation is 2. The first-order valence-electron chi connectivity index (χ1n) is 12.3. The molecule has 0 saturated heterocycles. The Bertz CT molecular complexity index is 1210. The standard InChI is InChI=1S/C22H30N8O12.Tc/c1-15-23-9-17(29(37)38)27(15)5-7-41-21(35)13-25(11-19(31)32)3-4-26(12-20(33)34)14-22(36)42-8-6-28-16(2)24-10-18(28)30(39)40;/h9-10H,3-8,11-14H2,1-2H3,(H,31,32)(H,33,34);/q;+7/i;1+1. The smallest absolute Gasteiger partial charge is 0.480 e. The molecule has 2 aromatic rings. The van der Waals surface area contributed by atoms with E-state index in [1.54, 1.807) is 0 Å². The first kappa shape index (κ1) is 36.7. The van der Waals surface area contributed by atoms with Crippen molar-refractivity contribution in [1.82, 2.24) is 28.9 Å². The molecule has 2 rings (SSSR count). The van der Waals surface area contributed by atoms with Gasteiger partial charge in [0, 0.05) is 26.9 Å². The van der Waals surface area contributed by atoms with E-state index in [0.29, 0.717) is 11.6 Å². The van der Waals surface area contributed by atoms with Crippen LogP contribution in [0.15, 0.2) is 12.4 Å². The van der Waals surface area contributed by atoms with Crippen molar-refractivity contribution in [2.45, 2.75) is 26.9 Å². The zero-order chi connectivity index (χ0) is 31.4. The molecule has 0 atom stereocenters. The van der Waals surface area contributed by atoms with Crippen LogP contribution in [0.4, 0.5) is 11.6 Å². The average Bonchev–Trinajstić information content (AvgIpc) is 3.44. The topological polar surface area (TPSA) is 256 Å². The Balaban J connectivity index is 0.00000924. The molecule has 2 heterocycles. The van der Waals surface area contributed by atoms with E-state index in [4.69, 9.17) is 9.47 Å². The van der Waals surface area contributed by atoms with Gasteiger partial charge in [-0.15, -0.1) is 0 Å². The van der Waals surface area contributed by atoms with Crippen molar-refractivity contribution in [1.29, 1.82) is 0 Å². The molecule has 2 aromatic heterocycles. The maximum atomic E-state index is 12.3. The maximum Gasteiger partial charge on any atom is 7.00 e. The number of hydrogen-bond acceptors (Lipinski definition) is 14. The first-order valence-corrected chi connectivity index (χ1v) is 12.3. The minimum Gasteiger partial charge on any atom is -0.480 e. The average molecular weight is 697 g/mol. The van der Waals surface area contributed by atoms with E-state index in [2.05, 4.69) is 9.97 Å². The van der Waals surface area contributed by atoms with Gasteiger partial charge in [-0.3, -0.25) is 29.0 Å². The number of esters is 2. The monoisotopic (exact) mass is 697 g/mol. The van der Waals surface area contributed by atoms with Crippen molar-refractivity contribution in [3.05, 3.63) is 44.3 Å². The number of aromatic nitrogens is 4. The van der Waals surface area contributed by atoms with Crippen LogP contribution in [0.5, 0.6) is 0 Å². The van der Waals surface area contributed by atoms with Gasteiger partial charge in [-0.1, -0.05) is 0 Å². The predicted molar refractivity (Wildman–Crippen MR) is 137 cm³/mol. The minimum atomic E-state index is -1.28. The largest absolute Gasteiger partial charge is 7.00 e. The summed E-state index contributed by atoms with van der Waals surface area (Å²) < 4.78 is 12.6. The van der Waals surface area contributed by atoms with Crippen LogP contribution in [0, 0.1) is 34.1 Å². The predicted octanol–water partition coefficient (Wildman–Crippen LogP) is -0.930. The van der Waals surface area contributed by atoms with E-state index in [0.717, 1.165) is 22.2 Å². The van der Waals surface area contributed by atoms with Crippen LogP contribution in [0.3, 0.4) is 0 Å². The van der Waals surface area contributed by atoms with Crippen LogP contribution < -0.4 is 0 Å². The van der Waals surface area contributed by atoms with Crippen molar-refractivity contribution in [2.75, 3.05) is 52.5 Å². The van der Waals surface area contributed by atoms with Gasteiger partial charge in [0.05, 0.1) is 26.2 Å². The number of nitrogens with zero attached hydrogens (tertiary/aromatic N) is 8. The van der Waals surface area contributed by atoms with E-state index < -0.39 is 59.9 Å². The Hall–Kier alpha value is -4.33. The van der Waals surface area contributed by atoms with Crippen LogP contribution in [-0.4, -0.2) is 125 Å². The quantitative estimate of drug-likeness (QED) is 0.102. The van der Waals surface area contributed by atoms with E-state index in [1.807, 2.05) is 0 Å². The summed E-state index contributed by atoms with van der Waals surface area (Å²) in [6, 6.07) is 0. The summed E-state index contributed by atoms with van der Waals surface area (Å²) in [5.74, 6) is -4.12. The molecule has 0 amide bonds. The molecular formula is C22H30N8O12Tc+7. The second kappa shape index (κ2) is 17.6. The van der Waals surface area contributed by atoms with Crippen molar-refractivity contribution < 1.29 is 68.8 Å². The molecule has 0 spiro atoms. The van der Waals surface area contributed by atoms with Crippen LogP contribution in [-0.2, 0) is 61.8 Å². The number of aliphatic carboxylic acids is 2. The van der Waals surface area contributed by atoms with Crippen molar-refractivity contribution in [3.63, 3.8) is 0 Å². The third-order valence-corrected chi connectivity index (χ3v) is 5.75. The fraction of sp³-hybridized carbons (Fsp3) is 0.545. The van der Waals surface area contributed by atoms with E-state index in [9.17, 15) is 49.6 Å². The molecule has 43 heavy (non-hydrogen) atoms. The van der Waals surface area contributed by atoms with Gasteiger partial charge in [0.2, 0.25) is 0 Å². The number of ether oxygens (including phenoxy) is 2. The van der Waals surface area contributed by atoms with E-state index >= 15 is 0 Å². The molecular weight excluding hydrogens is 667 g/mol. The van der Waals surface area contributed by atoms with E-state index in [1.165, 1.54) is 23.0 Å². The molecule has 0 radical (unpaired) electrons. The third-order valence-electron chi connectivity index (χ3n) is 5.75. The van der Waals surface area contributed by atoms with Crippen LogP contribution in [0.1, 0.15) is 11.6 Å². The molecule has 0 fully saturated rings. The number of carboxylic acid groups (broad SMARTS) is 2. The number of carbonyl (C=O) groups is 4. The number of carboxylic acids is 2. The number of hydrogen-bond donors (Lipinski definition) is 2. The molecule has 21 heteroatoms. The van der Waals surface area contributed by atoms with Crippen molar-refractivity contribution >= 4 is 35.5 Å². The van der Waals surface area contributed by atoms with Gasteiger partial charge in [0.1, 0.15) is 38.7 Å². The van der Waals surface area contributed by atoms with Gasteiger partial charge in [-0.2, -0.15) is 0 Å². The van der Waals surface area contributed by atoms with Gasteiger partial charge < -0.3 is 39.9 Å². The summed E-state index contributed by atoms with van der Waals surface area (Å²) >= 11 is 0. The molecule has 230 valence electrons. The van der Waals surface area contributed by atoms with Crippen LogP contribution in [0.2, 0.25) is 0 Å². The SMILES string of the molecule is Cc1ncc([N+](=O)[O-])n1CCOC(=O)CN(CCN(CC(=O)O)CC(=O)OCCn1c([N+](=O)[O-])cnc1C)CC(=O)O.[99Tc+7]. The zero-order valence-corrected chi connectivity index (χ0v) is 25.0. The molecule has 0 aliphatic heterocycles. The Morgan fingerprint density at radius 2 is 1.12 bits per heavy atom. The van der Waals surface area contributed by atoms with Gasteiger partial charge in [0.25, 0.3) is 0 Å². The molecule has 0 saturated carbocycles. The Labute approximate surface area is 256 Å². The maximum absolute atomic E-state index is 12.3. The van der Waals surface area contributed by atoms with Crippen LogP contribution in [0.25, 0.3) is 0 Å². The van der Waals surface area contributed by atoms with E-state index in [-0.39, 0.29) is 71.1 Å². The van der Waals surface area contributed by atoms with Gasteiger partial charge in [0.15, 0.2) is 11.6 Å². The molecule has 2 N–H and O–H groups in total. The Morgan fingerprint density at radius 3 is 1.42 bits per heavy atom. The molecule has 0 unspecified atom stereocenters. The van der Waals surface area contributed by atoms with Gasteiger partial charge in [-0.05, 0) is 9.85 Å². The second-order valence-electron chi connectivity index (χ2n) is 8.79. The zero-order valence-electron chi connectivity index (χ0n) is 23.2. The molecule has 0 aliphatic rings. The first-order chi connectivity index (χ1) is 19.8. The summed E-state index contributed by atoms with van der Waals surface area (Å²) in [4.78, 5) is 78.1. The fourth-order valence-electron chi connectivity index (χ4n) is 3.81. The molecule has 0 aliphatic carbocycles. The summed E-state index contributed by atoms with van der Waals surface area (Å²) in [7, 11) is 0. The minimum absolute atomic E-state index is 0. The molecule has 0 aromatic carbocycles. The Kier molecular flexibility index (Phi) is 15.0. The second-order valence-corrected chi connectivity index (χ2v) is 8.79. The summed E-state index contributed by atoms with van der Waals surface area (Å²) in [5, 5.41) is 40.6. The van der Waals surface area contributed by atoms with Crippen molar-refractivity contribution in [2.24, 2.45) is 0 Å².